The van der Waals surface area contributed by atoms with Crippen LogP contribution in [0, 0.1) is 30.6 Å². The number of fused-ring (bicyclic) bond motifs is 13. The molecule has 1 aromatic rings. The van der Waals surface area contributed by atoms with Crippen LogP contribution >= 0.6 is 0 Å². The van der Waals surface area contributed by atoms with Gasteiger partial charge in [-0.1, -0.05) is 45.9 Å². The van der Waals surface area contributed by atoms with E-state index >= 15 is 0 Å². The number of hydrogen-bond donors (Lipinski definition) is 4. The van der Waals surface area contributed by atoms with Crippen LogP contribution in [0.5, 0.6) is 11.5 Å². The number of carbonyl (C=O) groups excluding carboxylic acids is 5. The summed E-state index contributed by atoms with van der Waals surface area (Å²) in [6, 6.07) is 0. The highest BCUT2D eigenvalue weighted by Gasteiger charge is 2.58. The van der Waals surface area contributed by atoms with Crippen LogP contribution in [0.15, 0.2) is 47.9 Å². The molecule has 0 saturated carbocycles. The molecule has 1 fully saturated rings. The number of phenols is 1. The Hall–Kier alpha value is -4.83. The molecule has 15 heteroatoms. The maximum Gasteiger partial charge on any atom is 0.335 e. The number of esters is 2. The molecular weight excluding hydrogens is 706 g/mol. The third-order valence-corrected chi connectivity index (χ3v) is 10.6. The van der Waals surface area contributed by atoms with Gasteiger partial charge in [-0.05, 0) is 19.9 Å². The topological polar surface area (TPSA) is 213 Å². The first-order chi connectivity index (χ1) is 25.3. The van der Waals surface area contributed by atoms with E-state index in [9.17, 15) is 39.3 Å². The zero-order valence-electron chi connectivity index (χ0n) is 31.6. The Morgan fingerprint density at radius 3 is 2.26 bits per heavy atom. The van der Waals surface area contributed by atoms with Crippen LogP contribution in [0.4, 0.5) is 0 Å². The third-order valence-electron chi connectivity index (χ3n) is 10.6. The second-order valence-corrected chi connectivity index (χ2v) is 14.4. The van der Waals surface area contributed by atoms with E-state index in [-0.39, 0.29) is 33.7 Å². The van der Waals surface area contributed by atoms with E-state index in [2.05, 4.69) is 5.32 Å². The molecule has 1 spiro atoms. The number of Topliss-reactive ketones (excluding diaryl/α,β-unsaturated/α-hetero) is 2. The molecule has 4 heterocycles. The molecule has 0 radical (unpaired) electrons. The fourth-order valence-electron chi connectivity index (χ4n) is 7.37. The number of phenolic OH excluding ortho intramolecular Hbond substituents is 1. The van der Waals surface area contributed by atoms with Gasteiger partial charge in [0.1, 0.15) is 24.2 Å². The van der Waals surface area contributed by atoms with Crippen LogP contribution in [0.3, 0.4) is 0 Å². The Morgan fingerprint density at radius 1 is 0.963 bits per heavy atom. The molecular formula is C39H47NO14. The molecule has 6 rings (SSSR count). The molecule has 1 aromatic carbocycles. The summed E-state index contributed by atoms with van der Waals surface area (Å²) in [5.41, 5.74) is -1.23. The van der Waals surface area contributed by atoms with Gasteiger partial charge in [0, 0.05) is 61.8 Å². The number of methoxy groups -OCH3 is 1. The summed E-state index contributed by atoms with van der Waals surface area (Å²) in [6.45, 7) is 11.7. The van der Waals surface area contributed by atoms with Gasteiger partial charge in [0.05, 0.1) is 47.0 Å². The molecule has 4 N–H and O–H groups in total. The SMILES string of the molecule is CO[C@H]1C=CO[C@@]2(C)Oc3c(C)c(O)c4c(c3C2=O)C2(C=C(NC(=O)/C(C)=C\C=C[C@H](C)[C@H](O)[C@@H](C)[C@@H](O)[C@@H](C)[C@H](OC(C)=O)[C@@H]1C)C4=O)OCC(=O)O2. The summed E-state index contributed by atoms with van der Waals surface area (Å²) in [5, 5.41) is 36.6. The summed E-state index contributed by atoms with van der Waals surface area (Å²) in [7, 11) is 1.42. The van der Waals surface area contributed by atoms with Crippen molar-refractivity contribution < 1.29 is 67.7 Å². The van der Waals surface area contributed by atoms with Crippen molar-refractivity contribution in [2.75, 3.05) is 13.7 Å². The van der Waals surface area contributed by atoms with Gasteiger partial charge in [0.2, 0.25) is 5.78 Å². The highest BCUT2D eigenvalue weighted by Crippen LogP contribution is 2.53. The van der Waals surface area contributed by atoms with E-state index < -0.39 is 107 Å². The number of benzene rings is 1. The van der Waals surface area contributed by atoms with Crippen LogP contribution < -0.4 is 10.1 Å². The van der Waals surface area contributed by atoms with Crippen molar-refractivity contribution in [2.24, 2.45) is 23.7 Å². The number of carbonyl (C=O) groups is 5. The minimum absolute atomic E-state index is 0.00812. The van der Waals surface area contributed by atoms with Crippen LogP contribution in [0.1, 0.15) is 80.3 Å². The fourth-order valence-corrected chi connectivity index (χ4v) is 7.37. The molecule has 1 aliphatic carbocycles. The van der Waals surface area contributed by atoms with Gasteiger partial charge in [0.15, 0.2) is 0 Å². The van der Waals surface area contributed by atoms with Crippen molar-refractivity contribution in [1.29, 1.82) is 0 Å². The lowest BCUT2D eigenvalue weighted by atomic mass is 9.78. The van der Waals surface area contributed by atoms with Crippen LogP contribution in [-0.4, -0.2) is 88.7 Å². The average Bonchev–Trinajstić information content (AvgIpc) is 3.62. The number of aromatic hydroxyl groups is 1. The number of ether oxygens (including phenoxy) is 6. The lowest BCUT2D eigenvalue weighted by molar-refractivity contribution is -0.161. The van der Waals surface area contributed by atoms with Crippen LogP contribution in [0.2, 0.25) is 0 Å². The molecule has 15 nitrogen and oxygen atoms in total. The number of aliphatic hydroxyl groups is 2. The first-order valence-electron chi connectivity index (χ1n) is 17.6. The molecule has 5 aliphatic rings. The standard InChI is InChI=1S/C39H47NO14/c1-17-11-10-12-18(2)37(48)40-24-15-39(51-16-26(42)53-39)29-27(33(24)46)32(45)22(6)35-28(29)36(47)38(8,54-35)50-14-13-25(49-9)19(3)34(52-23(7)41)21(5)31(44)20(4)30(17)43/h10-15,17,19-21,25,30-31,34,43-45H,16H2,1-9H3,(H,40,48)/b11-10?,14-13?,18-12-/t17-,19+,20+,21+,25-,30-,31+,34+,38-,39?/m0/s1. The van der Waals surface area contributed by atoms with Crippen molar-refractivity contribution in [1.82, 2.24) is 5.32 Å². The first-order valence-corrected chi connectivity index (χ1v) is 17.6. The Bertz CT molecular complexity index is 1880. The Labute approximate surface area is 312 Å². The predicted octanol–water partition coefficient (Wildman–Crippen LogP) is 3.17. The molecule has 1 unspecified atom stereocenters. The molecule has 54 heavy (non-hydrogen) atoms. The van der Waals surface area contributed by atoms with Gasteiger partial charge >= 0.3 is 17.7 Å². The summed E-state index contributed by atoms with van der Waals surface area (Å²) in [4.78, 5) is 66.6. The minimum atomic E-state index is -2.21. The lowest BCUT2D eigenvalue weighted by Gasteiger charge is -2.38. The van der Waals surface area contributed by atoms with Crippen molar-refractivity contribution in [3.63, 3.8) is 0 Å². The normalized spacial score (nSPS) is 35.5. The van der Waals surface area contributed by atoms with E-state index in [1.54, 1.807) is 39.8 Å². The number of rotatable bonds is 2. The predicted molar refractivity (Wildman–Crippen MR) is 189 cm³/mol. The van der Waals surface area contributed by atoms with Gasteiger partial charge in [-0.25, -0.2) is 4.79 Å². The van der Waals surface area contributed by atoms with Gasteiger partial charge in [-0.3, -0.25) is 19.2 Å². The second kappa shape index (κ2) is 15.1. The van der Waals surface area contributed by atoms with E-state index in [4.69, 9.17) is 28.4 Å². The lowest BCUT2D eigenvalue weighted by Crippen LogP contribution is -2.46. The van der Waals surface area contributed by atoms with Crippen molar-refractivity contribution in [3.8, 4) is 11.5 Å². The molecule has 10 atom stereocenters. The summed E-state index contributed by atoms with van der Waals surface area (Å²) < 4.78 is 34.8. The monoisotopic (exact) mass is 753 g/mol. The fraction of sp³-hybridized carbons (Fsp3) is 0.513. The summed E-state index contributed by atoms with van der Waals surface area (Å²) in [6.07, 6.45) is 4.41. The Kier molecular flexibility index (Phi) is 11.3. The number of allylic oxidation sites excluding steroid dienone is 3. The smallest absolute Gasteiger partial charge is 0.335 e. The molecule has 1 amide bonds. The van der Waals surface area contributed by atoms with Crippen LogP contribution in [0.25, 0.3) is 0 Å². The largest absolute Gasteiger partial charge is 0.507 e. The number of ketones is 2. The quantitative estimate of drug-likeness (QED) is 0.320. The van der Waals surface area contributed by atoms with Crippen molar-refractivity contribution in [2.45, 2.75) is 91.4 Å². The van der Waals surface area contributed by atoms with Crippen molar-refractivity contribution >= 4 is 29.4 Å². The number of amides is 1. The number of aliphatic hydroxyl groups excluding tert-OH is 2. The minimum Gasteiger partial charge on any atom is -0.507 e. The molecule has 0 aromatic heterocycles. The Morgan fingerprint density at radius 2 is 1.65 bits per heavy atom. The highest BCUT2D eigenvalue weighted by molar-refractivity contribution is 6.19. The van der Waals surface area contributed by atoms with E-state index in [1.165, 1.54) is 47.0 Å². The Balaban J connectivity index is 1.66. The van der Waals surface area contributed by atoms with E-state index in [0.717, 1.165) is 12.3 Å². The summed E-state index contributed by atoms with van der Waals surface area (Å²) in [5.74, 6) is -11.4. The summed E-state index contributed by atoms with van der Waals surface area (Å²) >= 11 is 0. The van der Waals surface area contributed by atoms with Gasteiger partial charge in [-0.2, -0.15) is 0 Å². The maximum atomic E-state index is 14.3. The van der Waals surface area contributed by atoms with Crippen LogP contribution in [-0.2, 0) is 43.9 Å². The molecule has 292 valence electrons. The van der Waals surface area contributed by atoms with Gasteiger partial charge in [0.25, 0.3) is 17.5 Å². The highest BCUT2D eigenvalue weighted by atomic mass is 16.8. The average molecular weight is 754 g/mol. The van der Waals surface area contributed by atoms with Gasteiger partial charge < -0.3 is 49.1 Å². The van der Waals surface area contributed by atoms with E-state index in [1.807, 2.05) is 0 Å². The van der Waals surface area contributed by atoms with Gasteiger partial charge in [-0.15, -0.1) is 0 Å². The first kappa shape index (κ1) is 40.4. The molecule has 4 aliphatic heterocycles. The molecule has 1 saturated heterocycles. The van der Waals surface area contributed by atoms with Crippen molar-refractivity contribution in [3.05, 3.63) is 70.2 Å². The third kappa shape index (κ3) is 7.08. The van der Waals surface area contributed by atoms with E-state index in [0.29, 0.717) is 0 Å². The zero-order chi connectivity index (χ0) is 40.0. The number of nitrogens with one attached hydrogen (secondary N) is 1. The zero-order valence-corrected chi connectivity index (χ0v) is 31.6. The molecule has 5 bridgehead atoms. The maximum absolute atomic E-state index is 14.3. The second-order valence-electron chi connectivity index (χ2n) is 14.4. The number of hydrogen-bond acceptors (Lipinski definition) is 14.